The lowest BCUT2D eigenvalue weighted by Gasteiger charge is -2.07. The Labute approximate surface area is 151 Å². The van der Waals surface area contributed by atoms with Crippen molar-refractivity contribution in [2.45, 2.75) is 6.42 Å². The van der Waals surface area contributed by atoms with Gasteiger partial charge in [0.15, 0.2) is 18.1 Å². The summed E-state index contributed by atoms with van der Waals surface area (Å²) in [5, 5.41) is 6.47. The fraction of sp³-hybridized carbons (Fsp3) is 0.263. The predicted octanol–water partition coefficient (Wildman–Crippen LogP) is 2.55. The molecular formula is C19H21FN2O4. The molecule has 0 spiro atoms. The van der Waals surface area contributed by atoms with Crippen molar-refractivity contribution in [3.8, 4) is 11.5 Å². The van der Waals surface area contributed by atoms with Gasteiger partial charge in [0.1, 0.15) is 5.82 Å². The van der Waals surface area contributed by atoms with E-state index in [0.717, 1.165) is 11.1 Å². The molecule has 0 radical (unpaired) electrons. The topological polar surface area (TPSA) is 69.2 Å². The SMILES string of the molecule is COc1ccc(/C=N/OCC(=O)NCCc2ccc(F)cc2)cc1OC. The maximum Gasteiger partial charge on any atom is 0.260 e. The highest BCUT2D eigenvalue weighted by Gasteiger charge is 2.04. The summed E-state index contributed by atoms with van der Waals surface area (Å²) in [5.74, 6) is 0.635. The normalized spacial score (nSPS) is 10.6. The Morgan fingerprint density at radius 3 is 2.54 bits per heavy atom. The van der Waals surface area contributed by atoms with Gasteiger partial charge in [0, 0.05) is 12.1 Å². The summed E-state index contributed by atoms with van der Waals surface area (Å²) >= 11 is 0. The Bertz CT molecular complexity index is 748. The van der Waals surface area contributed by atoms with Gasteiger partial charge in [-0.15, -0.1) is 0 Å². The number of methoxy groups -OCH3 is 2. The van der Waals surface area contributed by atoms with Crippen LogP contribution in [0.25, 0.3) is 0 Å². The number of carbonyl (C=O) groups excluding carboxylic acids is 1. The van der Waals surface area contributed by atoms with Crippen molar-refractivity contribution in [1.82, 2.24) is 5.32 Å². The molecule has 1 N–H and O–H groups in total. The lowest BCUT2D eigenvalue weighted by molar-refractivity contribution is -0.125. The predicted molar refractivity (Wildman–Crippen MR) is 96.2 cm³/mol. The average molecular weight is 360 g/mol. The largest absolute Gasteiger partial charge is 0.493 e. The molecule has 0 bridgehead atoms. The van der Waals surface area contributed by atoms with E-state index >= 15 is 0 Å². The molecule has 0 aliphatic rings. The minimum absolute atomic E-state index is 0.187. The molecule has 6 nitrogen and oxygen atoms in total. The monoisotopic (exact) mass is 360 g/mol. The van der Waals surface area contributed by atoms with Crippen LogP contribution in [0.4, 0.5) is 4.39 Å². The van der Waals surface area contributed by atoms with Crippen molar-refractivity contribution in [1.29, 1.82) is 0 Å². The Morgan fingerprint density at radius 2 is 1.85 bits per heavy atom. The summed E-state index contributed by atoms with van der Waals surface area (Å²) in [4.78, 5) is 16.7. The highest BCUT2D eigenvalue weighted by atomic mass is 19.1. The van der Waals surface area contributed by atoms with Gasteiger partial charge in [-0.2, -0.15) is 0 Å². The number of hydrogen-bond acceptors (Lipinski definition) is 5. The number of hydrogen-bond donors (Lipinski definition) is 1. The molecule has 1 amide bonds. The number of oxime groups is 1. The molecule has 0 unspecified atom stereocenters. The molecule has 0 aliphatic heterocycles. The van der Waals surface area contributed by atoms with Gasteiger partial charge in [0.05, 0.1) is 20.4 Å². The summed E-state index contributed by atoms with van der Waals surface area (Å²) < 4.78 is 23.1. The molecule has 0 saturated carbocycles. The van der Waals surface area contributed by atoms with Gasteiger partial charge >= 0.3 is 0 Å². The van der Waals surface area contributed by atoms with E-state index in [2.05, 4.69) is 10.5 Å². The molecule has 0 fully saturated rings. The van der Waals surface area contributed by atoms with Gasteiger partial charge in [0.2, 0.25) is 0 Å². The number of benzene rings is 2. The van der Waals surface area contributed by atoms with Crippen molar-refractivity contribution < 1.29 is 23.5 Å². The third-order valence-electron chi connectivity index (χ3n) is 3.53. The summed E-state index contributed by atoms with van der Waals surface area (Å²) in [7, 11) is 3.11. The number of amides is 1. The first kappa shape index (κ1) is 19.2. The second kappa shape index (κ2) is 10.0. The van der Waals surface area contributed by atoms with Crippen molar-refractivity contribution in [2.75, 3.05) is 27.4 Å². The summed E-state index contributed by atoms with van der Waals surface area (Å²) in [6.07, 6.45) is 2.09. The first-order valence-corrected chi connectivity index (χ1v) is 8.01. The first-order valence-electron chi connectivity index (χ1n) is 8.01. The lowest BCUT2D eigenvalue weighted by atomic mass is 10.1. The molecule has 26 heavy (non-hydrogen) atoms. The fourth-order valence-corrected chi connectivity index (χ4v) is 2.18. The molecule has 0 aromatic heterocycles. The molecule has 2 rings (SSSR count). The highest BCUT2D eigenvalue weighted by molar-refractivity contribution is 5.81. The number of halogens is 1. The van der Waals surface area contributed by atoms with E-state index in [1.54, 1.807) is 44.6 Å². The average Bonchev–Trinajstić information content (AvgIpc) is 2.66. The van der Waals surface area contributed by atoms with Crippen LogP contribution in [0.15, 0.2) is 47.6 Å². The van der Waals surface area contributed by atoms with E-state index in [1.165, 1.54) is 18.3 Å². The molecule has 2 aromatic carbocycles. The van der Waals surface area contributed by atoms with Gasteiger partial charge in [-0.05, 0) is 42.3 Å². The van der Waals surface area contributed by atoms with Crippen LogP contribution in [0, 0.1) is 5.82 Å². The van der Waals surface area contributed by atoms with Crippen LogP contribution in [0.1, 0.15) is 11.1 Å². The zero-order valence-corrected chi connectivity index (χ0v) is 14.7. The molecule has 0 atom stereocenters. The van der Waals surface area contributed by atoms with Crippen LogP contribution in [0.5, 0.6) is 11.5 Å². The van der Waals surface area contributed by atoms with Crippen LogP contribution in [0.3, 0.4) is 0 Å². The van der Waals surface area contributed by atoms with E-state index in [9.17, 15) is 9.18 Å². The standard InChI is InChI=1S/C19H21FN2O4/c1-24-17-8-5-15(11-18(17)25-2)12-22-26-13-19(23)21-10-9-14-3-6-16(20)7-4-14/h3-8,11-12H,9-10,13H2,1-2H3,(H,21,23)/b22-12+. The van der Waals surface area contributed by atoms with Crippen LogP contribution in [-0.2, 0) is 16.1 Å². The number of nitrogens with one attached hydrogen (secondary N) is 1. The second-order valence-electron chi connectivity index (χ2n) is 5.35. The van der Waals surface area contributed by atoms with Crippen LogP contribution < -0.4 is 14.8 Å². The summed E-state index contributed by atoms with van der Waals surface area (Å²) in [6.45, 7) is 0.250. The van der Waals surface area contributed by atoms with Gasteiger partial charge in [-0.3, -0.25) is 4.79 Å². The van der Waals surface area contributed by atoms with E-state index in [1.807, 2.05) is 0 Å². The maximum absolute atomic E-state index is 12.8. The Balaban J connectivity index is 1.70. The highest BCUT2D eigenvalue weighted by Crippen LogP contribution is 2.26. The summed E-state index contributed by atoms with van der Waals surface area (Å²) in [5.41, 5.74) is 1.69. The summed E-state index contributed by atoms with van der Waals surface area (Å²) in [6, 6.07) is 11.4. The van der Waals surface area contributed by atoms with Crippen molar-refractivity contribution in [3.63, 3.8) is 0 Å². The number of carbonyl (C=O) groups is 1. The molecular weight excluding hydrogens is 339 g/mol. The van der Waals surface area contributed by atoms with Crippen LogP contribution in [-0.4, -0.2) is 39.5 Å². The zero-order chi connectivity index (χ0) is 18.8. The van der Waals surface area contributed by atoms with E-state index < -0.39 is 0 Å². The van der Waals surface area contributed by atoms with Gasteiger partial charge in [-0.25, -0.2) is 4.39 Å². The molecule has 138 valence electrons. The number of nitrogens with zero attached hydrogens (tertiary/aromatic N) is 1. The minimum atomic E-state index is -0.281. The lowest BCUT2D eigenvalue weighted by Crippen LogP contribution is -2.28. The minimum Gasteiger partial charge on any atom is -0.493 e. The molecule has 2 aromatic rings. The maximum atomic E-state index is 12.8. The quantitative estimate of drug-likeness (QED) is 0.551. The number of rotatable bonds is 9. The Kier molecular flexibility index (Phi) is 7.42. The smallest absolute Gasteiger partial charge is 0.260 e. The van der Waals surface area contributed by atoms with Crippen LogP contribution >= 0.6 is 0 Å². The number of ether oxygens (including phenoxy) is 2. The van der Waals surface area contributed by atoms with Crippen molar-refractivity contribution in [3.05, 3.63) is 59.4 Å². The van der Waals surface area contributed by atoms with Gasteiger partial charge in [-0.1, -0.05) is 17.3 Å². The molecule has 0 aliphatic carbocycles. The van der Waals surface area contributed by atoms with E-state index in [0.29, 0.717) is 24.5 Å². The molecule has 0 saturated heterocycles. The van der Waals surface area contributed by atoms with Gasteiger partial charge in [0.25, 0.3) is 5.91 Å². The van der Waals surface area contributed by atoms with Crippen LogP contribution in [0.2, 0.25) is 0 Å². The third-order valence-corrected chi connectivity index (χ3v) is 3.53. The second-order valence-corrected chi connectivity index (χ2v) is 5.35. The first-order chi connectivity index (χ1) is 12.6. The zero-order valence-electron chi connectivity index (χ0n) is 14.7. The fourth-order valence-electron chi connectivity index (χ4n) is 2.18. The Morgan fingerprint density at radius 1 is 1.12 bits per heavy atom. The van der Waals surface area contributed by atoms with Crippen molar-refractivity contribution >= 4 is 12.1 Å². The molecule has 0 heterocycles. The van der Waals surface area contributed by atoms with E-state index in [-0.39, 0.29) is 18.3 Å². The Hall–Kier alpha value is -3.09. The van der Waals surface area contributed by atoms with E-state index in [4.69, 9.17) is 14.3 Å². The molecule has 7 heteroatoms. The van der Waals surface area contributed by atoms with Crippen molar-refractivity contribution in [2.24, 2.45) is 5.16 Å². The third kappa shape index (κ3) is 6.08. The van der Waals surface area contributed by atoms with Gasteiger partial charge < -0.3 is 19.6 Å².